The van der Waals surface area contributed by atoms with Gasteiger partial charge in [-0.2, -0.15) is 0 Å². The predicted molar refractivity (Wildman–Crippen MR) is 81.1 cm³/mol. The SMILES string of the molecule is CC(C)(C)OC(=O)c1ccc(NCc2nccs2)cc1. The van der Waals surface area contributed by atoms with Crippen LogP contribution in [0.3, 0.4) is 0 Å². The lowest BCUT2D eigenvalue weighted by Gasteiger charge is -2.19. The summed E-state index contributed by atoms with van der Waals surface area (Å²) < 4.78 is 5.31. The number of carbonyl (C=O) groups is 1. The second kappa shape index (κ2) is 6.05. The number of carbonyl (C=O) groups excluding carboxylic acids is 1. The van der Waals surface area contributed by atoms with Crippen LogP contribution in [0, 0.1) is 0 Å². The van der Waals surface area contributed by atoms with Gasteiger partial charge in [-0.25, -0.2) is 9.78 Å². The number of nitrogens with zero attached hydrogens (tertiary/aromatic N) is 1. The van der Waals surface area contributed by atoms with Crippen molar-refractivity contribution in [2.75, 3.05) is 5.32 Å². The Bertz CT molecular complexity index is 557. The summed E-state index contributed by atoms with van der Waals surface area (Å²) in [5, 5.41) is 6.23. The van der Waals surface area contributed by atoms with Crippen molar-refractivity contribution in [1.29, 1.82) is 0 Å². The monoisotopic (exact) mass is 290 g/mol. The first kappa shape index (κ1) is 14.5. The highest BCUT2D eigenvalue weighted by Crippen LogP contribution is 2.15. The van der Waals surface area contributed by atoms with Gasteiger partial charge in [-0.1, -0.05) is 0 Å². The molecular formula is C15H18N2O2S. The molecule has 2 aromatic rings. The minimum absolute atomic E-state index is 0.302. The van der Waals surface area contributed by atoms with Crippen LogP contribution in [-0.2, 0) is 11.3 Å². The van der Waals surface area contributed by atoms with E-state index in [1.807, 2.05) is 38.3 Å². The lowest BCUT2D eigenvalue weighted by molar-refractivity contribution is 0.00696. The van der Waals surface area contributed by atoms with Crippen molar-refractivity contribution in [1.82, 2.24) is 4.98 Å². The van der Waals surface area contributed by atoms with E-state index in [1.54, 1.807) is 29.7 Å². The fourth-order valence-corrected chi connectivity index (χ4v) is 2.14. The molecule has 0 spiro atoms. The molecule has 0 atom stereocenters. The highest BCUT2D eigenvalue weighted by atomic mass is 32.1. The average Bonchev–Trinajstić information content (AvgIpc) is 2.88. The van der Waals surface area contributed by atoms with Crippen LogP contribution in [-0.4, -0.2) is 16.6 Å². The summed E-state index contributed by atoms with van der Waals surface area (Å²) in [6.45, 7) is 6.25. The molecule has 1 N–H and O–H groups in total. The molecule has 2 rings (SSSR count). The zero-order valence-corrected chi connectivity index (χ0v) is 12.7. The third-order valence-corrected chi connectivity index (χ3v) is 3.23. The van der Waals surface area contributed by atoms with Crippen molar-refractivity contribution in [3.05, 3.63) is 46.4 Å². The molecule has 1 aromatic heterocycles. The normalized spacial score (nSPS) is 11.2. The number of ether oxygens (including phenoxy) is 1. The molecule has 0 aliphatic heterocycles. The van der Waals surface area contributed by atoms with E-state index in [9.17, 15) is 4.79 Å². The molecule has 0 unspecified atom stereocenters. The number of aromatic nitrogens is 1. The molecule has 0 aliphatic rings. The van der Waals surface area contributed by atoms with E-state index < -0.39 is 5.60 Å². The number of thiazole rings is 1. The Kier molecular flexibility index (Phi) is 4.39. The van der Waals surface area contributed by atoms with Crippen molar-refractivity contribution in [2.24, 2.45) is 0 Å². The van der Waals surface area contributed by atoms with Crippen molar-refractivity contribution < 1.29 is 9.53 Å². The Morgan fingerprint density at radius 3 is 2.55 bits per heavy atom. The van der Waals surface area contributed by atoms with Gasteiger partial charge in [0.1, 0.15) is 10.6 Å². The van der Waals surface area contributed by atoms with Crippen LogP contribution in [0.15, 0.2) is 35.8 Å². The fourth-order valence-electron chi connectivity index (χ4n) is 1.58. The van der Waals surface area contributed by atoms with Crippen LogP contribution in [0.5, 0.6) is 0 Å². The summed E-state index contributed by atoms with van der Waals surface area (Å²) >= 11 is 1.61. The number of rotatable bonds is 4. The van der Waals surface area contributed by atoms with Crippen LogP contribution in [0.1, 0.15) is 36.1 Å². The van der Waals surface area contributed by atoms with E-state index >= 15 is 0 Å². The van der Waals surface area contributed by atoms with E-state index in [0.717, 1.165) is 10.7 Å². The number of esters is 1. The Hall–Kier alpha value is -1.88. The predicted octanol–water partition coefficient (Wildman–Crippen LogP) is 3.71. The topological polar surface area (TPSA) is 51.2 Å². The molecule has 106 valence electrons. The highest BCUT2D eigenvalue weighted by Gasteiger charge is 2.17. The molecular weight excluding hydrogens is 272 g/mol. The van der Waals surface area contributed by atoms with E-state index in [1.165, 1.54) is 0 Å². The van der Waals surface area contributed by atoms with Gasteiger partial charge in [0.25, 0.3) is 0 Å². The molecule has 0 saturated heterocycles. The smallest absolute Gasteiger partial charge is 0.338 e. The molecule has 0 amide bonds. The van der Waals surface area contributed by atoms with E-state index in [0.29, 0.717) is 12.1 Å². The van der Waals surface area contributed by atoms with E-state index in [4.69, 9.17) is 4.74 Å². The van der Waals surface area contributed by atoms with E-state index in [2.05, 4.69) is 10.3 Å². The molecule has 1 heterocycles. The third kappa shape index (κ3) is 4.35. The van der Waals surface area contributed by atoms with Crippen LogP contribution < -0.4 is 5.32 Å². The molecule has 0 aliphatic carbocycles. The molecule has 1 aromatic carbocycles. The van der Waals surface area contributed by atoms with Crippen LogP contribution in [0.25, 0.3) is 0 Å². The molecule has 20 heavy (non-hydrogen) atoms. The van der Waals surface area contributed by atoms with Crippen LogP contribution >= 0.6 is 11.3 Å². The van der Waals surface area contributed by atoms with Crippen molar-refractivity contribution in [3.63, 3.8) is 0 Å². The number of benzene rings is 1. The minimum atomic E-state index is -0.473. The van der Waals surface area contributed by atoms with Crippen LogP contribution in [0.2, 0.25) is 0 Å². The second-order valence-electron chi connectivity index (χ2n) is 5.36. The lowest BCUT2D eigenvalue weighted by Crippen LogP contribution is -2.23. The summed E-state index contributed by atoms with van der Waals surface area (Å²) in [7, 11) is 0. The third-order valence-electron chi connectivity index (χ3n) is 2.45. The molecule has 0 radical (unpaired) electrons. The molecule has 0 fully saturated rings. The molecule has 4 nitrogen and oxygen atoms in total. The second-order valence-corrected chi connectivity index (χ2v) is 6.34. The van der Waals surface area contributed by atoms with Gasteiger partial charge in [0.15, 0.2) is 0 Å². The molecule has 0 bridgehead atoms. The number of nitrogens with one attached hydrogen (secondary N) is 1. The maximum absolute atomic E-state index is 11.9. The first-order valence-electron chi connectivity index (χ1n) is 6.40. The Morgan fingerprint density at radius 1 is 1.30 bits per heavy atom. The van der Waals surface area contributed by atoms with Crippen molar-refractivity contribution >= 4 is 23.0 Å². The molecule has 0 saturated carbocycles. The maximum Gasteiger partial charge on any atom is 0.338 e. The number of hydrogen-bond acceptors (Lipinski definition) is 5. The van der Waals surface area contributed by atoms with Crippen LogP contribution in [0.4, 0.5) is 5.69 Å². The highest BCUT2D eigenvalue weighted by molar-refractivity contribution is 7.09. The first-order chi connectivity index (χ1) is 9.44. The first-order valence-corrected chi connectivity index (χ1v) is 7.28. The van der Waals surface area contributed by atoms with Gasteiger partial charge >= 0.3 is 5.97 Å². The fraction of sp³-hybridized carbons (Fsp3) is 0.333. The van der Waals surface area contributed by atoms with Gasteiger partial charge in [0, 0.05) is 17.3 Å². The molecule has 5 heteroatoms. The van der Waals surface area contributed by atoms with Gasteiger partial charge < -0.3 is 10.1 Å². The summed E-state index contributed by atoms with van der Waals surface area (Å²) in [5.74, 6) is -0.302. The zero-order chi connectivity index (χ0) is 14.6. The minimum Gasteiger partial charge on any atom is -0.456 e. The van der Waals surface area contributed by atoms with Crippen molar-refractivity contribution in [3.8, 4) is 0 Å². The van der Waals surface area contributed by atoms with Gasteiger partial charge in [0.2, 0.25) is 0 Å². The van der Waals surface area contributed by atoms with Crippen molar-refractivity contribution in [2.45, 2.75) is 32.9 Å². The Morgan fingerprint density at radius 2 is 2.00 bits per heavy atom. The number of hydrogen-bond donors (Lipinski definition) is 1. The standard InChI is InChI=1S/C15H18N2O2S/c1-15(2,3)19-14(18)11-4-6-12(7-5-11)17-10-13-16-8-9-20-13/h4-9,17H,10H2,1-3H3. The summed E-state index contributed by atoms with van der Waals surface area (Å²) in [5.41, 5.74) is 1.03. The quantitative estimate of drug-likeness (QED) is 0.872. The van der Waals surface area contributed by atoms with Gasteiger partial charge in [-0.3, -0.25) is 0 Å². The Labute approximate surface area is 122 Å². The largest absolute Gasteiger partial charge is 0.456 e. The lowest BCUT2D eigenvalue weighted by atomic mass is 10.1. The summed E-state index contributed by atoms with van der Waals surface area (Å²) in [6, 6.07) is 7.26. The summed E-state index contributed by atoms with van der Waals surface area (Å²) in [4.78, 5) is 16.1. The Balaban J connectivity index is 1.94. The van der Waals surface area contributed by atoms with E-state index in [-0.39, 0.29) is 5.97 Å². The van der Waals surface area contributed by atoms with Gasteiger partial charge in [-0.15, -0.1) is 11.3 Å². The zero-order valence-electron chi connectivity index (χ0n) is 11.8. The average molecular weight is 290 g/mol. The maximum atomic E-state index is 11.9. The summed E-state index contributed by atoms with van der Waals surface area (Å²) in [6.07, 6.45) is 1.79. The number of anilines is 1. The van der Waals surface area contributed by atoms with Gasteiger partial charge in [0.05, 0.1) is 12.1 Å². The van der Waals surface area contributed by atoms with Gasteiger partial charge in [-0.05, 0) is 45.0 Å².